The molecule has 0 spiro atoms. The van der Waals surface area contributed by atoms with Crippen molar-refractivity contribution < 1.29 is 4.74 Å². The van der Waals surface area contributed by atoms with E-state index in [9.17, 15) is 0 Å². The van der Waals surface area contributed by atoms with Crippen molar-refractivity contribution in [1.29, 1.82) is 0 Å². The maximum atomic E-state index is 5.39. The maximum absolute atomic E-state index is 5.39. The third-order valence-electron chi connectivity index (χ3n) is 3.30. The third-order valence-corrected chi connectivity index (χ3v) is 3.30. The number of rotatable bonds is 4. The van der Waals surface area contributed by atoms with Gasteiger partial charge in [-0.2, -0.15) is 0 Å². The number of benzene rings is 2. The first kappa shape index (κ1) is 13.5. The summed E-state index contributed by atoms with van der Waals surface area (Å²) in [5.74, 6) is 0.879. The van der Waals surface area contributed by atoms with E-state index < -0.39 is 0 Å². The number of aryl methyl sites for hydroxylation is 2. The van der Waals surface area contributed by atoms with E-state index in [-0.39, 0.29) is 6.04 Å². The number of methoxy groups -OCH3 is 1. The van der Waals surface area contributed by atoms with Crippen LogP contribution in [0.25, 0.3) is 0 Å². The summed E-state index contributed by atoms with van der Waals surface area (Å²) < 4.78 is 5.39. The second-order valence-electron chi connectivity index (χ2n) is 4.98. The smallest absolute Gasteiger partial charge is 0.141 e. The topological polar surface area (TPSA) is 21.3 Å². The van der Waals surface area contributed by atoms with E-state index in [1.165, 1.54) is 16.7 Å². The minimum absolute atomic E-state index is 0.247. The highest BCUT2D eigenvalue weighted by Gasteiger charge is 2.09. The van der Waals surface area contributed by atoms with Crippen LogP contribution in [-0.2, 0) is 0 Å². The molecule has 2 rings (SSSR count). The van der Waals surface area contributed by atoms with Gasteiger partial charge in [0.1, 0.15) is 5.75 Å². The Kier molecular flexibility index (Phi) is 4.10. The molecule has 0 aliphatic heterocycles. The lowest BCUT2D eigenvalue weighted by Crippen LogP contribution is -2.07. The predicted molar refractivity (Wildman–Crippen MR) is 80.9 cm³/mol. The quantitative estimate of drug-likeness (QED) is 0.869. The van der Waals surface area contributed by atoms with Crippen molar-refractivity contribution >= 4 is 5.69 Å². The van der Waals surface area contributed by atoms with E-state index in [1.54, 1.807) is 7.11 Å². The van der Waals surface area contributed by atoms with Crippen molar-refractivity contribution in [3.63, 3.8) is 0 Å². The van der Waals surface area contributed by atoms with E-state index in [0.29, 0.717) is 0 Å². The van der Waals surface area contributed by atoms with E-state index in [0.717, 1.165) is 11.4 Å². The standard InChI is InChI=1S/C17H21NO/c1-12-5-8-15(9-6-12)14(3)18-16-11-13(2)7-10-17(16)19-4/h5-11,14,18H,1-4H3. The van der Waals surface area contributed by atoms with Crippen LogP contribution in [0.15, 0.2) is 42.5 Å². The van der Waals surface area contributed by atoms with Crippen LogP contribution in [0, 0.1) is 13.8 Å². The molecule has 1 N–H and O–H groups in total. The molecule has 100 valence electrons. The number of anilines is 1. The van der Waals surface area contributed by atoms with Crippen LogP contribution in [0.3, 0.4) is 0 Å². The van der Waals surface area contributed by atoms with Crippen LogP contribution in [0.5, 0.6) is 5.75 Å². The summed E-state index contributed by atoms with van der Waals surface area (Å²) in [4.78, 5) is 0. The van der Waals surface area contributed by atoms with Crippen molar-refractivity contribution in [3.8, 4) is 5.75 Å². The average Bonchev–Trinajstić information content (AvgIpc) is 2.39. The number of nitrogens with one attached hydrogen (secondary N) is 1. The zero-order valence-electron chi connectivity index (χ0n) is 12.0. The molecule has 2 nitrogen and oxygen atoms in total. The molecule has 0 saturated carbocycles. The second kappa shape index (κ2) is 5.79. The summed E-state index contributed by atoms with van der Waals surface area (Å²) in [5.41, 5.74) is 4.81. The summed E-state index contributed by atoms with van der Waals surface area (Å²) in [5, 5.41) is 3.51. The molecule has 0 bridgehead atoms. The Labute approximate surface area is 115 Å². The van der Waals surface area contributed by atoms with Gasteiger partial charge in [-0.15, -0.1) is 0 Å². The van der Waals surface area contributed by atoms with Gasteiger partial charge in [0.05, 0.1) is 12.8 Å². The molecule has 0 radical (unpaired) electrons. The van der Waals surface area contributed by atoms with Gasteiger partial charge in [0.25, 0.3) is 0 Å². The van der Waals surface area contributed by atoms with E-state index in [2.05, 4.69) is 62.5 Å². The van der Waals surface area contributed by atoms with Crippen molar-refractivity contribution in [2.24, 2.45) is 0 Å². The maximum Gasteiger partial charge on any atom is 0.141 e. The van der Waals surface area contributed by atoms with Crippen LogP contribution in [-0.4, -0.2) is 7.11 Å². The lowest BCUT2D eigenvalue weighted by Gasteiger charge is -2.18. The molecule has 1 atom stereocenters. The monoisotopic (exact) mass is 255 g/mol. The number of hydrogen-bond donors (Lipinski definition) is 1. The number of hydrogen-bond acceptors (Lipinski definition) is 2. The Balaban J connectivity index is 2.20. The molecule has 0 fully saturated rings. The first-order valence-electron chi connectivity index (χ1n) is 6.58. The molecule has 1 unspecified atom stereocenters. The summed E-state index contributed by atoms with van der Waals surface area (Å²) in [6.07, 6.45) is 0. The van der Waals surface area contributed by atoms with Gasteiger partial charge >= 0.3 is 0 Å². The van der Waals surface area contributed by atoms with Crippen molar-refractivity contribution in [1.82, 2.24) is 0 Å². The summed E-state index contributed by atoms with van der Waals surface area (Å²) in [7, 11) is 1.70. The normalized spacial score (nSPS) is 12.0. The molecular weight excluding hydrogens is 234 g/mol. The summed E-state index contributed by atoms with van der Waals surface area (Å²) in [6, 6.07) is 15.0. The Morgan fingerprint density at radius 1 is 0.947 bits per heavy atom. The molecule has 0 heterocycles. The van der Waals surface area contributed by atoms with Crippen LogP contribution in [0.4, 0.5) is 5.69 Å². The highest BCUT2D eigenvalue weighted by atomic mass is 16.5. The lowest BCUT2D eigenvalue weighted by molar-refractivity contribution is 0.416. The van der Waals surface area contributed by atoms with E-state index in [1.807, 2.05) is 6.07 Å². The fraction of sp³-hybridized carbons (Fsp3) is 0.294. The highest BCUT2D eigenvalue weighted by molar-refractivity contribution is 5.59. The second-order valence-corrected chi connectivity index (χ2v) is 4.98. The first-order valence-corrected chi connectivity index (χ1v) is 6.58. The van der Waals surface area contributed by atoms with Gasteiger partial charge in [0.2, 0.25) is 0 Å². The van der Waals surface area contributed by atoms with Crippen LogP contribution < -0.4 is 10.1 Å². The van der Waals surface area contributed by atoms with Crippen molar-refractivity contribution in [2.75, 3.05) is 12.4 Å². The van der Waals surface area contributed by atoms with E-state index >= 15 is 0 Å². The van der Waals surface area contributed by atoms with Gasteiger partial charge in [-0.1, -0.05) is 35.9 Å². The molecule has 0 aromatic heterocycles. The van der Waals surface area contributed by atoms with Crippen LogP contribution >= 0.6 is 0 Å². The fourth-order valence-corrected chi connectivity index (χ4v) is 2.11. The molecule has 2 heteroatoms. The molecule has 19 heavy (non-hydrogen) atoms. The SMILES string of the molecule is COc1ccc(C)cc1NC(C)c1ccc(C)cc1. The summed E-state index contributed by atoms with van der Waals surface area (Å²) in [6.45, 7) is 6.35. The van der Waals surface area contributed by atoms with Crippen LogP contribution in [0.1, 0.15) is 29.7 Å². The molecule has 2 aromatic carbocycles. The Morgan fingerprint density at radius 2 is 1.58 bits per heavy atom. The van der Waals surface area contributed by atoms with Gasteiger partial charge in [-0.25, -0.2) is 0 Å². The molecule has 0 aliphatic rings. The molecule has 2 aromatic rings. The lowest BCUT2D eigenvalue weighted by atomic mass is 10.1. The van der Waals surface area contributed by atoms with Gasteiger partial charge in [-0.3, -0.25) is 0 Å². The third kappa shape index (κ3) is 3.28. The van der Waals surface area contributed by atoms with Crippen molar-refractivity contribution in [3.05, 3.63) is 59.2 Å². The first-order chi connectivity index (χ1) is 9.10. The Bertz CT molecular complexity index is 546. The van der Waals surface area contributed by atoms with Gasteiger partial charge in [-0.05, 0) is 44.0 Å². The zero-order chi connectivity index (χ0) is 13.8. The van der Waals surface area contributed by atoms with Gasteiger partial charge in [0, 0.05) is 6.04 Å². The van der Waals surface area contributed by atoms with Crippen LogP contribution in [0.2, 0.25) is 0 Å². The average molecular weight is 255 g/mol. The molecule has 0 amide bonds. The minimum Gasteiger partial charge on any atom is -0.495 e. The van der Waals surface area contributed by atoms with Gasteiger partial charge in [0.15, 0.2) is 0 Å². The molecule has 0 aliphatic carbocycles. The van der Waals surface area contributed by atoms with Crippen molar-refractivity contribution in [2.45, 2.75) is 26.8 Å². The van der Waals surface area contributed by atoms with Gasteiger partial charge < -0.3 is 10.1 Å². The fourth-order valence-electron chi connectivity index (χ4n) is 2.11. The Morgan fingerprint density at radius 3 is 2.21 bits per heavy atom. The summed E-state index contributed by atoms with van der Waals surface area (Å²) >= 11 is 0. The predicted octanol–water partition coefficient (Wildman–Crippen LogP) is 4.49. The molecule has 0 saturated heterocycles. The molecular formula is C17H21NO. The minimum atomic E-state index is 0.247. The number of ether oxygens (including phenoxy) is 1. The Hall–Kier alpha value is -1.96. The zero-order valence-corrected chi connectivity index (χ0v) is 12.0. The largest absolute Gasteiger partial charge is 0.495 e. The highest BCUT2D eigenvalue weighted by Crippen LogP contribution is 2.29. The van der Waals surface area contributed by atoms with E-state index in [4.69, 9.17) is 4.74 Å².